The summed E-state index contributed by atoms with van der Waals surface area (Å²) in [7, 11) is 3.50. The highest BCUT2D eigenvalue weighted by molar-refractivity contribution is 14.1. The van der Waals surface area contributed by atoms with Crippen LogP contribution in [0, 0.1) is 3.57 Å². The monoisotopic (exact) mass is 396 g/mol. The lowest BCUT2D eigenvalue weighted by Gasteiger charge is -2.24. The van der Waals surface area contributed by atoms with Crippen molar-refractivity contribution in [1.82, 2.24) is 10.2 Å². The van der Waals surface area contributed by atoms with E-state index in [-0.39, 0.29) is 18.3 Å². The molecule has 1 aliphatic rings. The Balaban J connectivity index is 0.00000180. The van der Waals surface area contributed by atoms with Gasteiger partial charge in [0.25, 0.3) is 5.91 Å². The van der Waals surface area contributed by atoms with Crippen LogP contribution in [-0.2, 0) is 0 Å². The Morgan fingerprint density at radius 1 is 1.53 bits per heavy atom. The van der Waals surface area contributed by atoms with Crippen molar-refractivity contribution >= 4 is 40.9 Å². The molecular formula is C13H18ClIN2O2. The van der Waals surface area contributed by atoms with Crippen molar-refractivity contribution in [2.24, 2.45) is 0 Å². The van der Waals surface area contributed by atoms with E-state index in [2.05, 4.69) is 27.9 Å². The molecule has 6 heteroatoms. The number of ether oxygens (including phenoxy) is 1. The van der Waals surface area contributed by atoms with Crippen LogP contribution in [0.1, 0.15) is 16.8 Å². The molecule has 0 bridgehead atoms. The topological polar surface area (TPSA) is 41.6 Å². The van der Waals surface area contributed by atoms with Gasteiger partial charge in [0.15, 0.2) is 0 Å². The molecule has 1 aliphatic heterocycles. The standard InChI is InChI=1S/C13H17IN2O2.ClH/c1-16(9-5-6-15-8-9)13(17)11-4-3-10(18-2)7-12(11)14;/h3-4,7,9,15H,5-6,8H2,1-2H3;1H. The number of carbonyl (C=O) groups is 1. The number of nitrogens with one attached hydrogen (secondary N) is 1. The summed E-state index contributed by atoms with van der Waals surface area (Å²) in [5.41, 5.74) is 0.741. The smallest absolute Gasteiger partial charge is 0.254 e. The number of hydrogen-bond donors (Lipinski definition) is 1. The molecule has 2 rings (SSSR count). The Hall–Kier alpha value is -0.530. The van der Waals surface area contributed by atoms with Gasteiger partial charge in [-0.05, 0) is 53.8 Å². The van der Waals surface area contributed by atoms with E-state index >= 15 is 0 Å². The number of amides is 1. The van der Waals surface area contributed by atoms with E-state index in [4.69, 9.17) is 4.74 Å². The minimum atomic E-state index is 0. The van der Waals surface area contributed by atoms with E-state index in [0.717, 1.165) is 34.4 Å². The molecule has 1 fully saturated rings. The molecule has 0 saturated carbocycles. The van der Waals surface area contributed by atoms with E-state index < -0.39 is 0 Å². The zero-order chi connectivity index (χ0) is 13.1. The van der Waals surface area contributed by atoms with Gasteiger partial charge in [-0.2, -0.15) is 0 Å². The normalized spacial score (nSPS) is 17.7. The second-order valence-electron chi connectivity index (χ2n) is 4.41. The summed E-state index contributed by atoms with van der Waals surface area (Å²) in [5.74, 6) is 0.858. The van der Waals surface area contributed by atoms with Crippen LogP contribution >= 0.6 is 35.0 Å². The third-order valence-electron chi connectivity index (χ3n) is 3.31. The van der Waals surface area contributed by atoms with Crippen molar-refractivity contribution in [3.8, 4) is 5.75 Å². The lowest BCUT2D eigenvalue weighted by molar-refractivity contribution is 0.0742. The number of methoxy groups -OCH3 is 1. The average molecular weight is 397 g/mol. The lowest BCUT2D eigenvalue weighted by Crippen LogP contribution is -2.38. The molecule has 1 aromatic rings. The number of halogens is 2. The predicted molar refractivity (Wildman–Crippen MR) is 86.3 cm³/mol. The van der Waals surface area contributed by atoms with Gasteiger partial charge < -0.3 is 15.0 Å². The Kier molecular flexibility index (Phi) is 6.35. The molecule has 1 saturated heterocycles. The van der Waals surface area contributed by atoms with Crippen LogP contribution in [0.5, 0.6) is 5.75 Å². The van der Waals surface area contributed by atoms with Gasteiger partial charge in [0.05, 0.1) is 12.7 Å². The highest BCUT2D eigenvalue weighted by Crippen LogP contribution is 2.21. The Bertz CT molecular complexity index is 450. The van der Waals surface area contributed by atoms with Gasteiger partial charge in [0.2, 0.25) is 0 Å². The number of carbonyl (C=O) groups excluding carboxylic acids is 1. The molecule has 1 atom stereocenters. The largest absolute Gasteiger partial charge is 0.497 e. The average Bonchev–Trinajstić information content (AvgIpc) is 2.90. The van der Waals surface area contributed by atoms with Gasteiger partial charge in [0.1, 0.15) is 5.75 Å². The van der Waals surface area contributed by atoms with Crippen LogP contribution in [0.3, 0.4) is 0 Å². The summed E-state index contributed by atoms with van der Waals surface area (Å²) < 4.78 is 6.08. The predicted octanol–water partition coefficient (Wildman–Crippen LogP) is 2.16. The molecule has 1 aromatic carbocycles. The van der Waals surface area contributed by atoms with E-state index in [9.17, 15) is 4.79 Å². The van der Waals surface area contributed by atoms with Gasteiger partial charge in [-0.3, -0.25) is 4.79 Å². The van der Waals surface area contributed by atoms with Gasteiger partial charge in [-0.15, -0.1) is 12.4 Å². The zero-order valence-corrected chi connectivity index (χ0v) is 14.0. The number of likely N-dealkylation sites (N-methyl/N-ethyl adjacent to an activating group) is 1. The molecule has 0 radical (unpaired) electrons. The van der Waals surface area contributed by atoms with Crippen LogP contribution < -0.4 is 10.1 Å². The number of benzene rings is 1. The Morgan fingerprint density at radius 2 is 2.26 bits per heavy atom. The maximum absolute atomic E-state index is 12.4. The summed E-state index contributed by atoms with van der Waals surface area (Å²) in [5, 5.41) is 3.28. The molecular weight excluding hydrogens is 379 g/mol. The Morgan fingerprint density at radius 3 is 2.79 bits per heavy atom. The van der Waals surface area contributed by atoms with Crippen molar-refractivity contribution in [3.63, 3.8) is 0 Å². The fourth-order valence-corrected chi connectivity index (χ4v) is 2.84. The summed E-state index contributed by atoms with van der Waals surface area (Å²) in [6.07, 6.45) is 1.02. The second kappa shape index (κ2) is 7.31. The van der Waals surface area contributed by atoms with Crippen molar-refractivity contribution < 1.29 is 9.53 Å². The Labute approximate surface area is 133 Å². The van der Waals surface area contributed by atoms with Crippen molar-refractivity contribution in [2.45, 2.75) is 12.5 Å². The van der Waals surface area contributed by atoms with E-state index in [0.29, 0.717) is 6.04 Å². The van der Waals surface area contributed by atoms with Crippen molar-refractivity contribution in [3.05, 3.63) is 27.3 Å². The molecule has 1 heterocycles. The summed E-state index contributed by atoms with van der Waals surface area (Å²) in [6, 6.07) is 5.85. The summed E-state index contributed by atoms with van der Waals surface area (Å²) >= 11 is 2.18. The minimum Gasteiger partial charge on any atom is -0.497 e. The van der Waals surface area contributed by atoms with Crippen LogP contribution in [0.2, 0.25) is 0 Å². The van der Waals surface area contributed by atoms with Crippen LogP contribution in [0.4, 0.5) is 0 Å². The van der Waals surface area contributed by atoms with Gasteiger partial charge in [-0.1, -0.05) is 0 Å². The first-order valence-electron chi connectivity index (χ1n) is 5.95. The fourth-order valence-electron chi connectivity index (χ4n) is 2.12. The molecule has 0 aliphatic carbocycles. The molecule has 0 spiro atoms. The maximum atomic E-state index is 12.4. The molecule has 1 N–H and O–H groups in total. The van der Waals surface area contributed by atoms with Crippen molar-refractivity contribution in [2.75, 3.05) is 27.2 Å². The maximum Gasteiger partial charge on any atom is 0.254 e. The molecule has 1 unspecified atom stereocenters. The van der Waals surface area contributed by atoms with Crippen molar-refractivity contribution in [1.29, 1.82) is 0 Å². The quantitative estimate of drug-likeness (QED) is 0.796. The number of rotatable bonds is 3. The van der Waals surface area contributed by atoms with E-state index in [1.165, 1.54) is 0 Å². The van der Waals surface area contributed by atoms with Gasteiger partial charge in [-0.25, -0.2) is 0 Å². The number of hydrogen-bond acceptors (Lipinski definition) is 3. The van der Waals surface area contributed by atoms with Crippen LogP contribution in [-0.4, -0.2) is 44.1 Å². The first-order chi connectivity index (χ1) is 8.63. The van der Waals surface area contributed by atoms with E-state index in [1.807, 2.05) is 30.1 Å². The molecule has 4 nitrogen and oxygen atoms in total. The summed E-state index contributed by atoms with van der Waals surface area (Å²) in [6.45, 7) is 1.87. The first-order valence-corrected chi connectivity index (χ1v) is 7.02. The third kappa shape index (κ3) is 3.73. The van der Waals surface area contributed by atoms with E-state index in [1.54, 1.807) is 7.11 Å². The molecule has 0 aromatic heterocycles. The van der Waals surface area contributed by atoms with Crippen LogP contribution in [0.15, 0.2) is 18.2 Å². The SMILES string of the molecule is COc1ccc(C(=O)N(C)C2CCNC2)c(I)c1.Cl. The highest BCUT2D eigenvalue weighted by atomic mass is 127. The summed E-state index contributed by atoms with van der Waals surface area (Å²) in [4.78, 5) is 14.2. The number of nitrogens with zero attached hydrogens (tertiary/aromatic N) is 1. The van der Waals surface area contributed by atoms with Crippen LogP contribution in [0.25, 0.3) is 0 Å². The first kappa shape index (κ1) is 16.5. The molecule has 19 heavy (non-hydrogen) atoms. The molecule has 106 valence electrons. The second-order valence-corrected chi connectivity index (χ2v) is 5.57. The lowest BCUT2D eigenvalue weighted by atomic mass is 10.1. The third-order valence-corrected chi connectivity index (χ3v) is 4.20. The minimum absolute atomic E-state index is 0. The van der Waals surface area contributed by atoms with Gasteiger partial charge in [0, 0.05) is 23.2 Å². The van der Waals surface area contributed by atoms with Gasteiger partial charge >= 0.3 is 0 Å². The highest BCUT2D eigenvalue weighted by Gasteiger charge is 2.25. The molecule has 1 amide bonds. The zero-order valence-electron chi connectivity index (χ0n) is 11.0. The fraction of sp³-hybridized carbons (Fsp3) is 0.462.